The van der Waals surface area contributed by atoms with E-state index in [4.69, 9.17) is 10.2 Å². The van der Waals surface area contributed by atoms with Crippen LogP contribution >= 0.6 is 11.8 Å². The van der Waals surface area contributed by atoms with Gasteiger partial charge in [0, 0.05) is 35.0 Å². The van der Waals surface area contributed by atoms with E-state index < -0.39 is 23.7 Å². The third kappa shape index (κ3) is 8.45. The van der Waals surface area contributed by atoms with Crippen LogP contribution in [-0.2, 0) is 15.8 Å². The molecule has 0 atom stereocenters. The van der Waals surface area contributed by atoms with E-state index in [1.165, 1.54) is 36.0 Å². The molecule has 0 aromatic heterocycles. The number of aliphatic hydroxyl groups excluding tert-OH is 1. The molecule has 0 radical (unpaired) electrons. The molecule has 11 heteroatoms. The van der Waals surface area contributed by atoms with E-state index in [1.54, 1.807) is 6.07 Å². The Labute approximate surface area is 245 Å². The van der Waals surface area contributed by atoms with E-state index in [9.17, 15) is 32.3 Å². The minimum Gasteiger partial charge on any atom is -0.478 e. The Balaban J connectivity index is 0.000000446. The number of carboxylic acid groups (broad SMARTS) is 2. The first-order valence-corrected chi connectivity index (χ1v) is 14.7. The number of hydrogen-bond acceptors (Lipinski definition) is 5. The molecule has 1 saturated carbocycles. The lowest BCUT2D eigenvalue weighted by Gasteiger charge is -2.33. The fraction of sp³-hybridized carbons (Fsp3) is 0.419. The summed E-state index contributed by atoms with van der Waals surface area (Å²) in [6.45, 7) is 2.79. The maximum absolute atomic E-state index is 14.0. The number of benzene rings is 2. The standard InChI is InChI=1S/C27H29F4NOS.C4H4O4/c28-20-4-7-22-25(16-20)34-24-8-3-19(27(29,30)31)15-23(24)26(22)18-10-13-32(14-11-18)12-9-17-1-5-21(33)6-2-17;5-3(6)1-2-4(7)8/h3-4,7-8,15-17,21,33H,1-2,5-6,9-14H2;1-2H,(H,5,6)(H,7,8)/b;2-1-/t17-,21+;. The van der Waals surface area contributed by atoms with Gasteiger partial charge in [0.2, 0.25) is 0 Å². The number of likely N-dealkylation sites (tertiary alicyclic amines) is 1. The Hall–Kier alpha value is -3.15. The molecule has 226 valence electrons. The lowest BCUT2D eigenvalue weighted by atomic mass is 9.85. The van der Waals surface area contributed by atoms with E-state index in [1.807, 2.05) is 0 Å². The van der Waals surface area contributed by atoms with Crippen molar-refractivity contribution < 1.29 is 42.5 Å². The molecule has 0 spiro atoms. The van der Waals surface area contributed by atoms with Crippen LogP contribution in [0.1, 0.15) is 61.6 Å². The molecule has 2 aliphatic heterocycles. The highest BCUT2D eigenvalue weighted by atomic mass is 32.2. The molecule has 42 heavy (non-hydrogen) atoms. The van der Waals surface area contributed by atoms with Gasteiger partial charge >= 0.3 is 18.1 Å². The Bertz CT molecular complexity index is 1340. The number of carbonyl (C=O) groups is 2. The second-order valence-corrected chi connectivity index (χ2v) is 11.8. The van der Waals surface area contributed by atoms with Crippen LogP contribution in [0.3, 0.4) is 0 Å². The van der Waals surface area contributed by atoms with Gasteiger partial charge in [0.25, 0.3) is 0 Å². The number of fused-ring (bicyclic) bond motifs is 2. The van der Waals surface area contributed by atoms with E-state index in [0.29, 0.717) is 23.6 Å². The number of rotatable bonds is 5. The van der Waals surface area contributed by atoms with Gasteiger partial charge in [-0.05, 0) is 104 Å². The summed E-state index contributed by atoms with van der Waals surface area (Å²) in [7, 11) is 0. The summed E-state index contributed by atoms with van der Waals surface area (Å²) in [4.78, 5) is 23.1. The first-order valence-electron chi connectivity index (χ1n) is 13.9. The zero-order valence-electron chi connectivity index (χ0n) is 22.9. The normalized spacial score (nSPS) is 20.9. The lowest BCUT2D eigenvalue weighted by molar-refractivity contribution is -0.137. The summed E-state index contributed by atoms with van der Waals surface area (Å²) in [5.41, 5.74) is 2.82. The predicted octanol–water partition coefficient (Wildman–Crippen LogP) is 6.86. The maximum atomic E-state index is 14.0. The van der Waals surface area contributed by atoms with Gasteiger partial charge in [-0.3, -0.25) is 0 Å². The van der Waals surface area contributed by atoms with Crippen LogP contribution in [0.5, 0.6) is 0 Å². The highest BCUT2D eigenvalue weighted by molar-refractivity contribution is 7.99. The molecular weight excluding hydrogens is 574 g/mol. The SMILES string of the molecule is O=C(O)/C=C\C(=O)O.O[C@H]1CC[C@@H](CCN2CCC(=C3c4ccc(F)cc4Sc4ccc(C(F)(F)F)cc43)CC2)CC1. The van der Waals surface area contributed by atoms with E-state index in [2.05, 4.69) is 4.90 Å². The van der Waals surface area contributed by atoms with Crippen molar-refractivity contribution in [2.24, 2.45) is 5.92 Å². The maximum Gasteiger partial charge on any atom is 0.416 e. The largest absolute Gasteiger partial charge is 0.478 e. The summed E-state index contributed by atoms with van der Waals surface area (Å²) >= 11 is 1.34. The number of aliphatic hydroxyl groups is 1. The third-order valence-corrected chi connectivity index (χ3v) is 8.99. The number of nitrogens with zero attached hydrogens (tertiary/aromatic N) is 1. The molecule has 5 rings (SSSR count). The van der Waals surface area contributed by atoms with E-state index in [-0.39, 0.29) is 11.9 Å². The lowest BCUT2D eigenvalue weighted by Crippen LogP contribution is -2.33. The third-order valence-electron chi connectivity index (χ3n) is 7.86. The van der Waals surface area contributed by atoms with Crippen molar-refractivity contribution in [2.45, 2.75) is 67.0 Å². The first-order chi connectivity index (χ1) is 19.9. The molecule has 3 aliphatic rings. The number of halogens is 4. The quantitative estimate of drug-likeness (QED) is 0.215. The van der Waals surface area contributed by atoms with Crippen LogP contribution in [0, 0.1) is 11.7 Å². The molecule has 0 unspecified atom stereocenters. The van der Waals surface area contributed by atoms with Crippen LogP contribution in [0.25, 0.3) is 5.57 Å². The van der Waals surface area contributed by atoms with Gasteiger partial charge in [-0.25, -0.2) is 14.0 Å². The predicted molar refractivity (Wildman–Crippen MR) is 151 cm³/mol. The molecule has 2 aromatic carbocycles. The molecule has 1 aliphatic carbocycles. The number of carboxylic acids is 2. The number of aliphatic carboxylic acids is 2. The second kappa shape index (κ2) is 13.9. The molecule has 3 N–H and O–H groups in total. The van der Waals surface area contributed by atoms with Gasteiger partial charge in [-0.1, -0.05) is 23.4 Å². The van der Waals surface area contributed by atoms with Gasteiger partial charge in [-0.15, -0.1) is 0 Å². The molecule has 1 saturated heterocycles. The molecule has 0 amide bonds. The zero-order valence-corrected chi connectivity index (χ0v) is 23.7. The molecule has 0 bridgehead atoms. The van der Waals surface area contributed by atoms with Crippen molar-refractivity contribution in [1.29, 1.82) is 0 Å². The van der Waals surface area contributed by atoms with Crippen molar-refractivity contribution in [2.75, 3.05) is 19.6 Å². The van der Waals surface area contributed by atoms with Gasteiger partial charge in [0.15, 0.2) is 0 Å². The number of piperidine rings is 1. The Kier molecular flexibility index (Phi) is 10.5. The van der Waals surface area contributed by atoms with Crippen LogP contribution in [0.4, 0.5) is 17.6 Å². The van der Waals surface area contributed by atoms with Gasteiger partial charge in [0.1, 0.15) is 5.82 Å². The van der Waals surface area contributed by atoms with Crippen LogP contribution < -0.4 is 0 Å². The van der Waals surface area contributed by atoms with Crippen molar-refractivity contribution in [3.63, 3.8) is 0 Å². The number of hydrogen-bond donors (Lipinski definition) is 3. The summed E-state index contributed by atoms with van der Waals surface area (Å²) in [5, 5.41) is 25.3. The average molecular weight is 608 g/mol. The fourth-order valence-electron chi connectivity index (χ4n) is 5.66. The highest BCUT2D eigenvalue weighted by Crippen LogP contribution is 2.49. The molecule has 6 nitrogen and oxygen atoms in total. The first kappa shape index (κ1) is 31.8. The van der Waals surface area contributed by atoms with Crippen LogP contribution in [-0.4, -0.2) is 57.9 Å². The summed E-state index contributed by atoms with van der Waals surface area (Å²) in [5.74, 6) is -2.18. The Morgan fingerprint density at radius 1 is 0.905 bits per heavy atom. The Morgan fingerprint density at radius 2 is 1.55 bits per heavy atom. The second-order valence-electron chi connectivity index (χ2n) is 10.7. The molecule has 2 heterocycles. The van der Waals surface area contributed by atoms with Gasteiger partial charge < -0.3 is 20.2 Å². The fourth-order valence-corrected chi connectivity index (χ4v) is 6.76. The van der Waals surface area contributed by atoms with Gasteiger partial charge in [0.05, 0.1) is 11.7 Å². The van der Waals surface area contributed by atoms with Crippen molar-refractivity contribution in [3.8, 4) is 0 Å². The minimum atomic E-state index is -4.41. The average Bonchev–Trinajstić information content (AvgIpc) is 2.94. The van der Waals surface area contributed by atoms with Crippen LogP contribution in [0.15, 0.2) is 63.9 Å². The zero-order chi connectivity index (χ0) is 30.4. The van der Waals surface area contributed by atoms with Crippen molar-refractivity contribution >= 4 is 29.3 Å². The monoisotopic (exact) mass is 607 g/mol. The highest BCUT2D eigenvalue weighted by Gasteiger charge is 2.34. The number of alkyl halides is 3. The summed E-state index contributed by atoms with van der Waals surface area (Å²) < 4.78 is 54.5. The summed E-state index contributed by atoms with van der Waals surface area (Å²) in [6, 6.07) is 8.50. The Morgan fingerprint density at radius 3 is 2.14 bits per heavy atom. The van der Waals surface area contributed by atoms with Crippen molar-refractivity contribution in [1.82, 2.24) is 4.90 Å². The topological polar surface area (TPSA) is 98.1 Å². The molecular formula is C31H33F4NO5S. The summed E-state index contributed by atoms with van der Waals surface area (Å²) in [6.07, 6.45) is 3.30. The smallest absolute Gasteiger partial charge is 0.416 e. The molecule has 2 aromatic rings. The molecule has 2 fully saturated rings. The minimum absolute atomic E-state index is 0.133. The van der Waals surface area contributed by atoms with E-state index >= 15 is 0 Å². The van der Waals surface area contributed by atoms with Crippen molar-refractivity contribution in [3.05, 3.63) is 76.6 Å². The van der Waals surface area contributed by atoms with E-state index in [0.717, 1.165) is 97.1 Å². The van der Waals surface area contributed by atoms with Gasteiger partial charge in [-0.2, -0.15) is 13.2 Å². The van der Waals surface area contributed by atoms with Crippen LogP contribution in [0.2, 0.25) is 0 Å².